The number of hydrogen-bond acceptors (Lipinski definition) is 5. The summed E-state index contributed by atoms with van der Waals surface area (Å²) in [4.78, 5) is 22.9. The minimum Gasteiger partial charge on any atom is -0.493 e. The zero-order chi connectivity index (χ0) is 18.3. The lowest BCUT2D eigenvalue weighted by Gasteiger charge is -2.23. The molecule has 0 radical (unpaired) electrons. The number of thiocarbonyl (C=S) groups is 1. The summed E-state index contributed by atoms with van der Waals surface area (Å²) in [5.74, 6) is -0.402. The first-order valence-corrected chi connectivity index (χ1v) is 7.51. The Morgan fingerprint density at radius 1 is 1.21 bits per heavy atom. The molecule has 0 fully saturated rings. The largest absolute Gasteiger partial charge is 0.493 e. The van der Waals surface area contributed by atoms with Crippen LogP contribution in [0.4, 0.5) is 0 Å². The summed E-state index contributed by atoms with van der Waals surface area (Å²) in [7, 11) is 1.43. The molecule has 132 valence electrons. The van der Waals surface area contributed by atoms with E-state index in [1.165, 1.54) is 25.3 Å². The molecule has 0 atom stereocenters. The van der Waals surface area contributed by atoms with E-state index in [1.54, 1.807) is 0 Å². The second-order valence-electron chi connectivity index (χ2n) is 5.90. The van der Waals surface area contributed by atoms with Crippen molar-refractivity contribution in [3.63, 3.8) is 0 Å². The Hall–Kier alpha value is -2.55. The first kappa shape index (κ1) is 19.5. The van der Waals surface area contributed by atoms with Crippen molar-refractivity contribution in [2.45, 2.75) is 26.3 Å². The number of carbonyl (C=O) groups excluding carboxylic acids is 2. The Bertz CT molecular complexity index is 628. The third-order valence-corrected chi connectivity index (χ3v) is 2.78. The Balaban J connectivity index is 2.71. The summed E-state index contributed by atoms with van der Waals surface area (Å²) >= 11 is 5.07. The molecule has 5 N–H and O–H groups in total. The van der Waals surface area contributed by atoms with Gasteiger partial charge in [-0.05, 0) is 51.2 Å². The van der Waals surface area contributed by atoms with Gasteiger partial charge in [-0.2, -0.15) is 0 Å². The number of benzene rings is 1. The molecular formula is C15H22N4O4S. The second-order valence-corrected chi connectivity index (χ2v) is 6.31. The molecule has 0 aliphatic carbocycles. The molecule has 0 aliphatic heterocycles. The summed E-state index contributed by atoms with van der Waals surface area (Å²) in [5.41, 5.74) is 10.2. The molecule has 0 saturated carbocycles. The lowest BCUT2D eigenvalue weighted by atomic mass is 10.1. The molecule has 1 rings (SSSR count). The predicted molar refractivity (Wildman–Crippen MR) is 93.8 cm³/mol. The Kier molecular flexibility index (Phi) is 6.78. The first-order valence-electron chi connectivity index (χ1n) is 7.10. The van der Waals surface area contributed by atoms with Crippen LogP contribution in [-0.4, -0.2) is 36.2 Å². The third-order valence-electron chi connectivity index (χ3n) is 2.57. The van der Waals surface area contributed by atoms with E-state index in [0.29, 0.717) is 22.2 Å². The molecule has 0 saturated heterocycles. The Morgan fingerprint density at radius 3 is 2.42 bits per heavy atom. The minimum absolute atomic E-state index is 0.225. The molecule has 8 nitrogen and oxygen atoms in total. The SMILES string of the molecule is COc1cc(C(=O)NNC(=S)NC(C)(C)C)ccc1OCC(N)=O. The average Bonchev–Trinajstić information content (AvgIpc) is 2.48. The molecule has 0 bridgehead atoms. The van der Waals surface area contributed by atoms with E-state index in [2.05, 4.69) is 16.2 Å². The highest BCUT2D eigenvalue weighted by Gasteiger charge is 2.14. The van der Waals surface area contributed by atoms with Crippen molar-refractivity contribution in [3.8, 4) is 11.5 Å². The molecule has 2 amide bonds. The van der Waals surface area contributed by atoms with Crippen molar-refractivity contribution in [1.82, 2.24) is 16.2 Å². The van der Waals surface area contributed by atoms with E-state index in [1.807, 2.05) is 20.8 Å². The second kappa shape index (κ2) is 8.34. The topological polar surface area (TPSA) is 115 Å². The quantitative estimate of drug-likeness (QED) is 0.449. The lowest BCUT2D eigenvalue weighted by molar-refractivity contribution is -0.119. The van der Waals surface area contributed by atoms with Gasteiger partial charge in [0.1, 0.15) is 0 Å². The van der Waals surface area contributed by atoms with Crippen LogP contribution in [0.2, 0.25) is 0 Å². The summed E-state index contributed by atoms with van der Waals surface area (Å²) in [6.07, 6.45) is 0. The number of ether oxygens (including phenoxy) is 2. The number of amides is 2. The maximum atomic E-state index is 12.1. The minimum atomic E-state index is -0.608. The normalized spacial score (nSPS) is 10.5. The number of primary amides is 1. The monoisotopic (exact) mass is 354 g/mol. The highest BCUT2D eigenvalue weighted by atomic mass is 32.1. The Labute approximate surface area is 146 Å². The first-order chi connectivity index (χ1) is 11.1. The summed E-state index contributed by atoms with van der Waals surface area (Å²) in [6.45, 7) is 5.55. The third kappa shape index (κ3) is 6.69. The van der Waals surface area contributed by atoms with Gasteiger partial charge < -0.3 is 20.5 Å². The van der Waals surface area contributed by atoms with Crippen LogP contribution in [-0.2, 0) is 4.79 Å². The highest BCUT2D eigenvalue weighted by Crippen LogP contribution is 2.27. The van der Waals surface area contributed by atoms with Crippen LogP contribution < -0.4 is 31.4 Å². The van der Waals surface area contributed by atoms with Gasteiger partial charge in [-0.3, -0.25) is 20.4 Å². The van der Waals surface area contributed by atoms with Gasteiger partial charge in [0, 0.05) is 11.1 Å². The average molecular weight is 354 g/mol. The van der Waals surface area contributed by atoms with E-state index < -0.39 is 11.8 Å². The standard InChI is InChI=1S/C15H22N4O4S/c1-15(2,3)17-14(24)19-18-13(21)9-5-6-10(11(7-9)22-4)23-8-12(16)20/h5-7H,8H2,1-4H3,(H2,16,20)(H,18,21)(H2,17,19,24). The smallest absolute Gasteiger partial charge is 0.269 e. The molecule has 0 aromatic heterocycles. The van der Waals surface area contributed by atoms with E-state index >= 15 is 0 Å². The number of hydrogen-bond donors (Lipinski definition) is 4. The molecule has 0 heterocycles. The van der Waals surface area contributed by atoms with Crippen LogP contribution in [0.1, 0.15) is 31.1 Å². The predicted octanol–water partition coefficient (Wildman–Crippen LogP) is 0.467. The van der Waals surface area contributed by atoms with Gasteiger partial charge in [0.15, 0.2) is 23.2 Å². The fourth-order valence-corrected chi connectivity index (χ4v) is 1.99. The number of nitrogens with one attached hydrogen (secondary N) is 3. The molecule has 9 heteroatoms. The van der Waals surface area contributed by atoms with Gasteiger partial charge in [-0.15, -0.1) is 0 Å². The molecule has 1 aromatic carbocycles. The molecule has 0 spiro atoms. The van der Waals surface area contributed by atoms with Gasteiger partial charge in [0.05, 0.1) is 7.11 Å². The van der Waals surface area contributed by atoms with Crippen LogP contribution in [0, 0.1) is 0 Å². The van der Waals surface area contributed by atoms with Gasteiger partial charge in [-0.25, -0.2) is 0 Å². The van der Waals surface area contributed by atoms with E-state index in [9.17, 15) is 9.59 Å². The number of methoxy groups -OCH3 is 1. The Morgan fingerprint density at radius 2 is 1.88 bits per heavy atom. The fraction of sp³-hybridized carbons (Fsp3) is 0.400. The molecule has 24 heavy (non-hydrogen) atoms. The summed E-state index contributed by atoms with van der Waals surface area (Å²) in [6, 6.07) is 4.52. The zero-order valence-electron chi connectivity index (χ0n) is 14.1. The van der Waals surface area contributed by atoms with Gasteiger partial charge in [-0.1, -0.05) is 0 Å². The van der Waals surface area contributed by atoms with Gasteiger partial charge in [0.25, 0.3) is 11.8 Å². The lowest BCUT2D eigenvalue weighted by Crippen LogP contribution is -2.52. The molecule has 0 unspecified atom stereocenters. The van der Waals surface area contributed by atoms with Crippen LogP contribution in [0.15, 0.2) is 18.2 Å². The van der Waals surface area contributed by atoms with Crippen LogP contribution in [0.25, 0.3) is 0 Å². The van der Waals surface area contributed by atoms with Crippen molar-refractivity contribution in [2.75, 3.05) is 13.7 Å². The van der Waals surface area contributed by atoms with Gasteiger partial charge in [0.2, 0.25) is 0 Å². The number of carbonyl (C=O) groups is 2. The number of hydrazine groups is 1. The van der Waals surface area contributed by atoms with Crippen molar-refractivity contribution in [1.29, 1.82) is 0 Å². The number of rotatable bonds is 5. The molecular weight excluding hydrogens is 332 g/mol. The van der Waals surface area contributed by atoms with E-state index in [-0.39, 0.29) is 12.1 Å². The highest BCUT2D eigenvalue weighted by molar-refractivity contribution is 7.80. The van der Waals surface area contributed by atoms with Gasteiger partial charge >= 0.3 is 0 Å². The zero-order valence-corrected chi connectivity index (χ0v) is 14.9. The van der Waals surface area contributed by atoms with Crippen molar-refractivity contribution in [2.24, 2.45) is 5.73 Å². The van der Waals surface area contributed by atoms with Crippen LogP contribution >= 0.6 is 12.2 Å². The summed E-state index contributed by atoms with van der Waals surface area (Å²) < 4.78 is 10.3. The van der Waals surface area contributed by atoms with Crippen molar-refractivity contribution < 1.29 is 19.1 Å². The van der Waals surface area contributed by atoms with E-state index in [4.69, 9.17) is 27.4 Å². The van der Waals surface area contributed by atoms with Crippen molar-refractivity contribution in [3.05, 3.63) is 23.8 Å². The maximum absolute atomic E-state index is 12.1. The molecule has 0 aliphatic rings. The van der Waals surface area contributed by atoms with Crippen LogP contribution in [0.5, 0.6) is 11.5 Å². The van der Waals surface area contributed by atoms with E-state index in [0.717, 1.165) is 0 Å². The summed E-state index contributed by atoms with van der Waals surface area (Å²) in [5, 5.41) is 3.30. The van der Waals surface area contributed by atoms with Crippen molar-refractivity contribution >= 4 is 29.1 Å². The molecule has 1 aromatic rings. The number of nitrogens with two attached hydrogens (primary N) is 1. The fourth-order valence-electron chi connectivity index (χ4n) is 1.63. The maximum Gasteiger partial charge on any atom is 0.269 e. The van der Waals surface area contributed by atoms with Crippen LogP contribution in [0.3, 0.4) is 0 Å².